The minimum absolute atomic E-state index is 0.0468. The predicted molar refractivity (Wildman–Crippen MR) is 88.4 cm³/mol. The number of Topliss-reactive ketones (excluding diaryl/α,β-unsaturated/α-hetero) is 1. The molecule has 1 aliphatic rings. The van der Waals surface area contributed by atoms with E-state index in [0.717, 1.165) is 48.6 Å². The van der Waals surface area contributed by atoms with Crippen LogP contribution in [0.3, 0.4) is 0 Å². The van der Waals surface area contributed by atoms with Crippen molar-refractivity contribution in [2.24, 2.45) is 0 Å². The Bertz CT molecular complexity index is 674. The maximum absolute atomic E-state index is 12.3. The van der Waals surface area contributed by atoms with Gasteiger partial charge in [0.25, 0.3) is 0 Å². The van der Waals surface area contributed by atoms with Crippen LogP contribution in [0.5, 0.6) is 5.75 Å². The van der Waals surface area contributed by atoms with E-state index in [4.69, 9.17) is 26.1 Å². The number of carbonyl (C=O) groups excluding carboxylic acids is 1. The molecule has 0 saturated heterocycles. The second kappa shape index (κ2) is 6.53. The van der Waals surface area contributed by atoms with Crippen molar-refractivity contribution in [1.29, 1.82) is 0 Å². The average molecular weight is 357 g/mol. The number of halogens is 2. The van der Waals surface area contributed by atoms with Gasteiger partial charge in [0.2, 0.25) is 0 Å². The molecular formula is C15H10Cl2O2S2. The molecule has 0 bridgehead atoms. The van der Waals surface area contributed by atoms with Gasteiger partial charge in [-0.1, -0.05) is 12.1 Å². The van der Waals surface area contributed by atoms with E-state index in [1.54, 1.807) is 0 Å². The smallest absolute Gasteiger partial charge is 0.182 e. The van der Waals surface area contributed by atoms with Crippen molar-refractivity contribution in [2.75, 3.05) is 0 Å². The van der Waals surface area contributed by atoms with E-state index in [0.29, 0.717) is 6.42 Å². The largest absolute Gasteiger partial charge is 0.478 e. The molecule has 21 heavy (non-hydrogen) atoms. The molecule has 108 valence electrons. The average Bonchev–Trinajstić information content (AvgIpc) is 2.53. The Morgan fingerprint density at radius 3 is 2.33 bits per heavy atom. The van der Waals surface area contributed by atoms with Gasteiger partial charge in [0.15, 0.2) is 11.9 Å². The van der Waals surface area contributed by atoms with E-state index in [2.05, 4.69) is 0 Å². The fourth-order valence-corrected chi connectivity index (χ4v) is 3.42. The molecule has 0 fully saturated rings. The summed E-state index contributed by atoms with van der Waals surface area (Å²) in [5, 5.41) is 0. The fraction of sp³-hybridized carbons (Fsp3) is 0.133. The summed E-state index contributed by atoms with van der Waals surface area (Å²) < 4.78 is 5.86. The zero-order chi connectivity index (χ0) is 14.8. The van der Waals surface area contributed by atoms with Gasteiger partial charge >= 0.3 is 0 Å². The van der Waals surface area contributed by atoms with Crippen LogP contribution in [0, 0.1) is 0 Å². The molecule has 0 amide bonds. The monoisotopic (exact) mass is 356 g/mol. The van der Waals surface area contributed by atoms with Gasteiger partial charge in [-0.05, 0) is 79.2 Å². The second-order valence-electron chi connectivity index (χ2n) is 4.63. The number of rotatable bonds is 3. The zero-order valence-electron chi connectivity index (χ0n) is 10.7. The number of hydrogen-bond donors (Lipinski definition) is 0. The lowest BCUT2D eigenvalue weighted by Crippen LogP contribution is -2.25. The third kappa shape index (κ3) is 3.19. The van der Waals surface area contributed by atoms with E-state index in [1.165, 1.54) is 0 Å². The lowest BCUT2D eigenvalue weighted by atomic mass is 9.96. The van der Waals surface area contributed by atoms with E-state index < -0.39 is 6.10 Å². The summed E-state index contributed by atoms with van der Waals surface area (Å²) in [6.45, 7) is 0. The highest BCUT2D eigenvalue weighted by Gasteiger charge is 2.29. The highest BCUT2D eigenvalue weighted by Crippen LogP contribution is 2.36. The number of benzene rings is 2. The molecule has 6 heteroatoms. The van der Waals surface area contributed by atoms with Gasteiger partial charge in [0, 0.05) is 21.8 Å². The van der Waals surface area contributed by atoms with Crippen LogP contribution >= 0.6 is 43.3 Å². The highest BCUT2D eigenvalue weighted by atomic mass is 35.7. The summed E-state index contributed by atoms with van der Waals surface area (Å²) in [6, 6.07) is 13.2. The number of hydrogen-bond acceptors (Lipinski definition) is 4. The Hall–Kier alpha value is -0.810. The molecule has 2 aromatic carbocycles. The fourth-order valence-electron chi connectivity index (χ4n) is 2.28. The predicted octanol–water partition coefficient (Wildman–Crippen LogP) is 5.42. The van der Waals surface area contributed by atoms with Crippen molar-refractivity contribution in [3.05, 3.63) is 53.6 Å². The minimum atomic E-state index is -0.554. The maximum atomic E-state index is 12.3. The summed E-state index contributed by atoms with van der Waals surface area (Å²) in [5.74, 6) is 0.787. The van der Waals surface area contributed by atoms with Gasteiger partial charge in [-0.2, -0.15) is 0 Å². The number of ketones is 1. The van der Waals surface area contributed by atoms with Crippen molar-refractivity contribution in [1.82, 2.24) is 0 Å². The van der Waals surface area contributed by atoms with Crippen LogP contribution in [0.1, 0.15) is 17.2 Å². The molecule has 0 spiro atoms. The summed E-state index contributed by atoms with van der Waals surface area (Å²) >= 11 is 0. The molecule has 0 aromatic heterocycles. The first kappa shape index (κ1) is 15.1. The molecule has 1 atom stereocenters. The van der Waals surface area contributed by atoms with Gasteiger partial charge < -0.3 is 4.74 Å². The lowest BCUT2D eigenvalue weighted by molar-refractivity contribution is -0.126. The summed E-state index contributed by atoms with van der Waals surface area (Å²) in [6.07, 6.45) is -0.196. The molecule has 0 N–H and O–H groups in total. The standard InChI is InChI=1S/C15H10Cl2O2S2/c16-20-11-3-1-9(2-4-11)15-13(18)8-10-7-12(21-17)5-6-14(10)19-15/h1-7,15H,8H2. The Morgan fingerprint density at radius 1 is 1.00 bits per heavy atom. The molecule has 1 heterocycles. The van der Waals surface area contributed by atoms with Crippen molar-refractivity contribution in [3.63, 3.8) is 0 Å². The van der Waals surface area contributed by atoms with E-state index in [1.807, 2.05) is 42.5 Å². The van der Waals surface area contributed by atoms with Crippen molar-refractivity contribution in [3.8, 4) is 5.75 Å². The molecule has 2 nitrogen and oxygen atoms in total. The topological polar surface area (TPSA) is 26.3 Å². The third-order valence-electron chi connectivity index (χ3n) is 3.29. The first-order valence-electron chi connectivity index (χ1n) is 6.20. The quantitative estimate of drug-likeness (QED) is 0.732. The second-order valence-corrected chi connectivity index (χ2v) is 6.81. The Morgan fingerprint density at radius 2 is 1.67 bits per heavy atom. The molecule has 0 radical (unpaired) electrons. The molecule has 0 saturated carbocycles. The number of carbonyl (C=O) groups is 1. The first-order chi connectivity index (χ1) is 10.2. The van der Waals surface area contributed by atoms with Gasteiger partial charge in [-0.15, -0.1) is 0 Å². The van der Waals surface area contributed by atoms with Gasteiger partial charge in [-0.3, -0.25) is 4.79 Å². The van der Waals surface area contributed by atoms with Crippen LogP contribution in [0.2, 0.25) is 0 Å². The van der Waals surface area contributed by atoms with Crippen molar-refractivity contribution in [2.45, 2.75) is 22.3 Å². The lowest BCUT2D eigenvalue weighted by Gasteiger charge is -2.25. The summed E-state index contributed by atoms with van der Waals surface area (Å²) in [5.41, 5.74) is 1.73. The van der Waals surface area contributed by atoms with Gasteiger partial charge in [0.1, 0.15) is 5.75 Å². The van der Waals surface area contributed by atoms with E-state index in [-0.39, 0.29) is 5.78 Å². The molecule has 3 rings (SSSR count). The van der Waals surface area contributed by atoms with E-state index in [9.17, 15) is 4.79 Å². The SMILES string of the molecule is O=C1Cc2cc(SCl)ccc2OC1c1ccc(SCl)cc1. The normalized spacial score (nSPS) is 17.2. The number of ether oxygens (including phenoxy) is 1. The van der Waals surface area contributed by atoms with Crippen LogP contribution in [-0.2, 0) is 11.2 Å². The molecule has 1 unspecified atom stereocenters. The van der Waals surface area contributed by atoms with Crippen molar-refractivity contribution < 1.29 is 9.53 Å². The third-order valence-corrected chi connectivity index (χ3v) is 5.25. The van der Waals surface area contributed by atoms with Crippen LogP contribution in [0.15, 0.2) is 52.3 Å². The minimum Gasteiger partial charge on any atom is -0.478 e. The van der Waals surface area contributed by atoms with E-state index >= 15 is 0 Å². The molecule has 1 aliphatic heterocycles. The summed E-state index contributed by atoms with van der Waals surface area (Å²) in [7, 11) is 13.7. The summed E-state index contributed by atoms with van der Waals surface area (Å²) in [4.78, 5) is 14.2. The van der Waals surface area contributed by atoms with Crippen LogP contribution in [0.4, 0.5) is 0 Å². The maximum Gasteiger partial charge on any atom is 0.182 e. The van der Waals surface area contributed by atoms with Crippen molar-refractivity contribution >= 4 is 49.1 Å². The Kier molecular flexibility index (Phi) is 4.69. The zero-order valence-corrected chi connectivity index (χ0v) is 13.9. The van der Waals surface area contributed by atoms with Gasteiger partial charge in [0.05, 0.1) is 0 Å². The Labute approximate surface area is 140 Å². The highest BCUT2D eigenvalue weighted by molar-refractivity contribution is 8.21. The Balaban J connectivity index is 1.89. The van der Waals surface area contributed by atoms with Gasteiger partial charge in [-0.25, -0.2) is 0 Å². The molecule has 0 aliphatic carbocycles. The van der Waals surface area contributed by atoms with Crippen LogP contribution < -0.4 is 4.74 Å². The number of fused-ring (bicyclic) bond motifs is 1. The molecule has 2 aromatic rings. The van der Waals surface area contributed by atoms with Crippen LogP contribution in [-0.4, -0.2) is 5.78 Å². The van der Waals surface area contributed by atoms with Crippen LogP contribution in [0.25, 0.3) is 0 Å². The molecular weight excluding hydrogens is 347 g/mol. The first-order valence-corrected chi connectivity index (χ1v) is 9.49.